The summed E-state index contributed by atoms with van der Waals surface area (Å²) < 4.78 is 0. The average Bonchev–Trinajstić information content (AvgIpc) is 2.35. The fourth-order valence-electron chi connectivity index (χ4n) is 2.00. The Morgan fingerprint density at radius 3 is 2.53 bits per heavy atom. The van der Waals surface area contributed by atoms with Crippen LogP contribution in [0.5, 0.6) is 0 Å². The first-order valence-electron chi connectivity index (χ1n) is 6.07. The molecule has 2 rings (SSSR count). The van der Waals surface area contributed by atoms with Crippen LogP contribution in [0.2, 0.25) is 0 Å². The predicted octanol–water partition coefficient (Wildman–Crippen LogP) is 2.87. The highest BCUT2D eigenvalue weighted by Gasteiger charge is 2.10. The zero-order valence-electron chi connectivity index (χ0n) is 10.4. The van der Waals surface area contributed by atoms with Gasteiger partial charge in [-0.2, -0.15) is 0 Å². The van der Waals surface area contributed by atoms with Gasteiger partial charge in [0.1, 0.15) is 0 Å². The number of nitrogens with one attached hydrogen (secondary N) is 1. The summed E-state index contributed by atoms with van der Waals surface area (Å²) >= 11 is 0. The number of rotatable bonds is 4. The van der Waals surface area contributed by atoms with E-state index in [0.29, 0.717) is 12.6 Å². The first-order chi connectivity index (χ1) is 8.18. The molecule has 0 spiro atoms. The zero-order valence-corrected chi connectivity index (χ0v) is 10.4. The number of benzene rings is 2. The van der Waals surface area contributed by atoms with Gasteiger partial charge in [-0.1, -0.05) is 56.3 Å². The molecule has 0 aliphatic carbocycles. The summed E-state index contributed by atoms with van der Waals surface area (Å²) in [6.07, 6.45) is -0.455. The molecule has 2 heteroatoms. The number of hydrogen-bond acceptors (Lipinski definition) is 2. The minimum absolute atomic E-state index is 0.389. The van der Waals surface area contributed by atoms with Gasteiger partial charge in [-0.05, 0) is 16.3 Å². The van der Waals surface area contributed by atoms with E-state index >= 15 is 0 Å². The van der Waals surface area contributed by atoms with Crippen LogP contribution >= 0.6 is 0 Å². The second-order valence-electron chi connectivity index (χ2n) is 4.65. The van der Waals surface area contributed by atoms with E-state index in [-0.39, 0.29) is 0 Å². The van der Waals surface area contributed by atoms with E-state index < -0.39 is 6.10 Å². The maximum absolute atomic E-state index is 10.2. The lowest BCUT2D eigenvalue weighted by molar-refractivity contribution is 0.173. The Morgan fingerprint density at radius 1 is 1.06 bits per heavy atom. The SMILES string of the molecule is CC(C)NCC(O)c1cccc2ccccc12. The van der Waals surface area contributed by atoms with Crippen LogP contribution in [0.4, 0.5) is 0 Å². The highest BCUT2D eigenvalue weighted by molar-refractivity contribution is 5.85. The first-order valence-corrected chi connectivity index (χ1v) is 6.07. The molecule has 0 bridgehead atoms. The van der Waals surface area contributed by atoms with E-state index in [9.17, 15) is 5.11 Å². The Morgan fingerprint density at radius 2 is 1.76 bits per heavy atom. The van der Waals surface area contributed by atoms with Gasteiger partial charge in [0, 0.05) is 12.6 Å². The molecule has 0 saturated heterocycles. The number of fused-ring (bicyclic) bond motifs is 1. The molecule has 0 heterocycles. The predicted molar refractivity (Wildman–Crippen MR) is 72.0 cm³/mol. The maximum atomic E-state index is 10.2. The molecule has 1 atom stereocenters. The number of hydrogen-bond donors (Lipinski definition) is 2. The lowest BCUT2D eigenvalue weighted by Crippen LogP contribution is -2.27. The minimum Gasteiger partial charge on any atom is -0.387 e. The molecule has 2 aromatic carbocycles. The quantitative estimate of drug-likeness (QED) is 0.845. The molecule has 0 aliphatic rings. The van der Waals surface area contributed by atoms with Crippen LogP contribution in [0.25, 0.3) is 10.8 Å². The van der Waals surface area contributed by atoms with Crippen LogP contribution in [0.15, 0.2) is 42.5 Å². The Bertz CT molecular complexity index is 488. The third-order valence-electron chi connectivity index (χ3n) is 2.90. The largest absolute Gasteiger partial charge is 0.387 e. The van der Waals surface area contributed by atoms with E-state index in [1.807, 2.05) is 24.3 Å². The van der Waals surface area contributed by atoms with E-state index in [2.05, 4.69) is 37.4 Å². The van der Waals surface area contributed by atoms with E-state index in [0.717, 1.165) is 10.9 Å². The summed E-state index contributed by atoms with van der Waals surface area (Å²) in [5, 5.41) is 15.8. The van der Waals surface area contributed by atoms with Crippen molar-refractivity contribution in [2.45, 2.75) is 26.0 Å². The smallest absolute Gasteiger partial charge is 0.0920 e. The van der Waals surface area contributed by atoms with Crippen LogP contribution in [0.1, 0.15) is 25.5 Å². The van der Waals surface area contributed by atoms with Crippen LogP contribution in [0, 0.1) is 0 Å². The summed E-state index contributed by atoms with van der Waals surface area (Å²) in [5.41, 5.74) is 0.997. The van der Waals surface area contributed by atoms with Gasteiger partial charge in [0.25, 0.3) is 0 Å². The Hall–Kier alpha value is -1.38. The second-order valence-corrected chi connectivity index (χ2v) is 4.65. The molecule has 17 heavy (non-hydrogen) atoms. The van der Waals surface area contributed by atoms with Crippen molar-refractivity contribution in [1.82, 2.24) is 5.32 Å². The van der Waals surface area contributed by atoms with Gasteiger partial charge in [-0.15, -0.1) is 0 Å². The summed E-state index contributed by atoms with van der Waals surface area (Å²) in [6, 6.07) is 14.6. The van der Waals surface area contributed by atoms with E-state index in [4.69, 9.17) is 0 Å². The number of aliphatic hydroxyl groups is 1. The summed E-state index contributed by atoms with van der Waals surface area (Å²) in [7, 11) is 0. The standard InChI is InChI=1S/C15H19NO/c1-11(2)16-10-15(17)14-9-5-7-12-6-3-4-8-13(12)14/h3-9,11,15-17H,10H2,1-2H3. The van der Waals surface area contributed by atoms with Crippen LogP contribution < -0.4 is 5.32 Å². The van der Waals surface area contributed by atoms with Crippen LogP contribution in [0.3, 0.4) is 0 Å². The van der Waals surface area contributed by atoms with Crippen molar-refractivity contribution in [3.8, 4) is 0 Å². The fourth-order valence-corrected chi connectivity index (χ4v) is 2.00. The highest BCUT2D eigenvalue weighted by atomic mass is 16.3. The molecule has 0 aliphatic heterocycles. The van der Waals surface area contributed by atoms with Crippen molar-refractivity contribution in [2.24, 2.45) is 0 Å². The van der Waals surface area contributed by atoms with Crippen molar-refractivity contribution < 1.29 is 5.11 Å². The van der Waals surface area contributed by atoms with Gasteiger partial charge < -0.3 is 10.4 Å². The van der Waals surface area contributed by atoms with Crippen LogP contribution in [-0.4, -0.2) is 17.7 Å². The van der Waals surface area contributed by atoms with E-state index in [1.165, 1.54) is 5.39 Å². The summed E-state index contributed by atoms with van der Waals surface area (Å²) in [6.45, 7) is 4.75. The molecular weight excluding hydrogens is 210 g/mol. The number of aliphatic hydroxyl groups excluding tert-OH is 1. The molecule has 0 radical (unpaired) electrons. The monoisotopic (exact) mass is 229 g/mol. The first kappa shape index (κ1) is 12.1. The Balaban J connectivity index is 2.28. The molecule has 2 N–H and O–H groups in total. The van der Waals surface area contributed by atoms with Gasteiger partial charge in [-0.3, -0.25) is 0 Å². The van der Waals surface area contributed by atoms with Crippen molar-refractivity contribution in [3.05, 3.63) is 48.0 Å². The van der Waals surface area contributed by atoms with Crippen LogP contribution in [-0.2, 0) is 0 Å². The molecule has 1 unspecified atom stereocenters. The van der Waals surface area contributed by atoms with Gasteiger partial charge in [0.2, 0.25) is 0 Å². The molecule has 90 valence electrons. The molecule has 0 saturated carbocycles. The lowest BCUT2D eigenvalue weighted by Gasteiger charge is -2.16. The van der Waals surface area contributed by atoms with E-state index in [1.54, 1.807) is 0 Å². The van der Waals surface area contributed by atoms with Gasteiger partial charge in [-0.25, -0.2) is 0 Å². The van der Waals surface area contributed by atoms with Gasteiger partial charge in [0.15, 0.2) is 0 Å². The highest BCUT2D eigenvalue weighted by Crippen LogP contribution is 2.23. The summed E-state index contributed by atoms with van der Waals surface area (Å²) in [4.78, 5) is 0. The average molecular weight is 229 g/mol. The lowest BCUT2D eigenvalue weighted by atomic mass is 10.0. The zero-order chi connectivity index (χ0) is 12.3. The van der Waals surface area contributed by atoms with Gasteiger partial charge in [0.05, 0.1) is 6.10 Å². The third-order valence-corrected chi connectivity index (χ3v) is 2.90. The molecule has 0 amide bonds. The molecule has 0 fully saturated rings. The second kappa shape index (κ2) is 5.30. The van der Waals surface area contributed by atoms with Crippen molar-refractivity contribution in [3.63, 3.8) is 0 Å². The van der Waals surface area contributed by atoms with Crippen molar-refractivity contribution in [2.75, 3.05) is 6.54 Å². The Kier molecular flexibility index (Phi) is 3.77. The van der Waals surface area contributed by atoms with Crippen molar-refractivity contribution >= 4 is 10.8 Å². The summed E-state index contributed by atoms with van der Waals surface area (Å²) in [5.74, 6) is 0. The normalized spacial score (nSPS) is 13.2. The third kappa shape index (κ3) is 2.84. The topological polar surface area (TPSA) is 32.3 Å². The fraction of sp³-hybridized carbons (Fsp3) is 0.333. The molecule has 2 aromatic rings. The minimum atomic E-state index is -0.455. The molecule has 0 aromatic heterocycles. The Labute approximate surface area is 102 Å². The maximum Gasteiger partial charge on any atom is 0.0920 e. The molecular formula is C15H19NO. The van der Waals surface area contributed by atoms with Crippen molar-refractivity contribution in [1.29, 1.82) is 0 Å². The van der Waals surface area contributed by atoms with Gasteiger partial charge >= 0.3 is 0 Å². The molecule has 2 nitrogen and oxygen atoms in total.